The first kappa shape index (κ1) is 20.5. The van der Waals surface area contributed by atoms with Gasteiger partial charge in [-0.25, -0.2) is 4.39 Å². The lowest BCUT2D eigenvalue weighted by Gasteiger charge is -2.09. The van der Waals surface area contributed by atoms with Crippen LogP contribution in [0.25, 0.3) is 6.08 Å². The Hall–Kier alpha value is -3.80. The minimum absolute atomic E-state index is 0.195. The summed E-state index contributed by atoms with van der Waals surface area (Å²) in [4.78, 5) is 13.0. The van der Waals surface area contributed by atoms with Gasteiger partial charge in [0.05, 0.1) is 19.8 Å². The van der Waals surface area contributed by atoms with Gasteiger partial charge in [0.15, 0.2) is 5.76 Å². The van der Waals surface area contributed by atoms with Crippen LogP contribution in [0.3, 0.4) is 0 Å². The number of ketones is 1. The Morgan fingerprint density at radius 1 is 0.968 bits per heavy atom. The van der Waals surface area contributed by atoms with Crippen molar-refractivity contribution in [3.63, 3.8) is 0 Å². The van der Waals surface area contributed by atoms with Gasteiger partial charge in [0.25, 0.3) is 0 Å². The third-order valence-corrected chi connectivity index (χ3v) is 4.99. The van der Waals surface area contributed by atoms with Crippen molar-refractivity contribution in [3.8, 4) is 23.0 Å². The molecule has 158 valence electrons. The number of allylic oxidation sites excluding steroid dienone is 1. The van der Waals surface area contributed by atoms with Crippen LogP contribution in [0.15, 0.2) is 60.4 Å². The Kier molecular flexibility index (Phi) is 5.62. The zero-order valence-corrected chi connectivity index (χ0v) is 17.4. The molecule has 1 heterocycles. The molecule has 0 amide bonds. The third-order valence-electron chi connectivity index (χ3n) is 4.99. The number of Topliss-reactive ketones (excluding diaryl/α,β-unsaturated/α-hetero) is 1. The number of carbonyl (C=O) groups excluding carboxylic acids is 1. The summed E-state index contributed by atoms with van der Waals surface area (Å²) < 4.78 is 35.4. The van der Waals surface area contributed by atoms with Crippen molar-refractivity contribution >= 4 is 11.9 Å². The minimum Gasteiger partial charge on any atom is -0.497 e. The van der Waals surface area contributed by atoms with Crippen LogP contribution in [0.5, 0.6) is 23.0 Å². The molecule has 0 fully saturated rings. The van der Waals surface area contributed by atoms with E-state index in [4.69, 9.17) is 18.9 Å². The second kappa shape index (κ2) is 8.52. The summed E-state index contributed by atoms with van der Waals surface area (Å²) in [6, 6.07) is 14.9. The van der Waals surface area contributed by atoms with Gasteiger partial charge in [-0.15, -0.1) is 0 Å². The second-order valence-corrected chi connectivity index (χ2v) is 7.08. The van der Waals surface area contributed by atoms with Gasteiger partial charge in [0, 0.05) is 11.6 Å². The zero-order valence-electron chi connectivity index (χ0n) is 17.4. The summed E-state index contributed by atoms with van der Waals surface area (Å²) in [5.74, 6) is 1.93. The molecule has 3 aromatic carbocycles. The van der Waals surface area contributed by atoms with Gasteiger partial charge in [-0.2, -0.15) is 0 Å². The number of hydrogen-bond acceptors (Lipinski definition) is 5. The molecule has 0 N–H and O–H groups in total. The molecular formula is C25H21FO5. The molecule has 1 aliphatic heterocycles. The van der Waals surface area contributed by atoms with Gasteiger partial charge >= 0.3 is 0 Å². The lowest BCUT2D eigenvalue weighted by molar-refractivity contribution is 0.101. The highest BCUT2D eigenvalue weighted by Crippen LogP contribution is 2.38. The van der Waals surface area contributed by atoms with E-state index in [1.54, 1.807) is 62.8 Å². The fourth-order valence-electron chi connectivity index (χ4n) is 3.40. The second-order valence-electron chi connectivity index (χ2n) is 7.08. The van der Waals surface area contributed by atoms with Crippen molar-refractivity contribution in [2.45, 2.75) is 13.5 Å². The van der Waals surface area contributed by atoms with Crippen molar-refractivity contribution < 1.29 is 28.1 Å². The van der Waals surface area contributed by atoms with E-state index in [0.29, 0.717) is 34.1 Å². The lowest BCUT2D eigenvalue weighted by atomic mass is 10.0. The standard InChI is InChI=1S/C25H21FO5/c1-15-10-20(30-14-16-4-6-18(26)7-5-16)13-22-24(15)25(27)23(31-22)12-17-11-19(28-2)8-9-21(17)29-3/h4-13H,14H2,1-3H3/b23-12-. The SMILES string of the molecule is COc1ccc(OC)c(/C=C2\Oc3cc(OCc4ccc(F)cc4)cc(C)c3C2=O)c1. The average molecular weight is 420 g/mol. The van der Waals surface area contributed by atoms with Crippen molar-refractivity contribution in [1.29, 1.82) is 0 Å². The number of ether oxygens (including phenoxy) is 4. The van der Waals surface area contributed by atoms with Crippen molar-refractivity contribution in [2.24, 2.45) is 0 Å². The van der Waals surface area contributed by atoms with Crippen LogP contribution in [0.4, 0.5) is 4.39 Å². The molecule has 4 rings (SSSR count). The number of fused-ring (bicyclic) bond motifs is 1. The molecule has 0 spiro atoms. The molecule has 5 nitrogen and oxygen atoms in total. The average Bonchev–Trinajstić information content (AvgIpc) is 3.08. The molecule has 6 heteroatoms. The Balaban J connectivity index is 1.59. The van der Waals surface area contributed by atoms with Crippen LogP contribution < -0.4 is 18.9 Å². The van der Waals surface area contributed by atoms with E-state index < -0.39 is 0 Å². The predicted molar refractivity (Wildman–Crippen MR) is 114 cm³/mol. The van der Waals surface area contributed by atoms with E-state index in [9.17, 15) is 9.18 Å². The maximum absolute atomic E-state index is 13.1. The summed E-state index contributed by atoms with van der Waals surface area (Å²) in [7, 11) is 3.13. The lowest BCUT2D eigenvalue weighted by Crippen LogP contribution is -2.00. The van der Waals surface area contributed by atoms with Crippen LogP contribution in [-0.4, -0.2) is 20.0 Å². The van der Waals surface area contributed by atoms with E-state index in [-0.39, 0.29) is 24.0 Å². The number of methoxy groups -OCH3 is 2. The molecule has 1 aliphatic rings. The predicted octanol–water partition coefficient (Wildman–Crippen LogP) is 5.35. The molecule has 0 unspecified atom stereocenters. The summed E-state index contributed by atoms with van der Waals surface area (Å²) >= 11 is 0. The van der Waals surface area contributed by atoms with E-state index in [1.807, 2.05) is 6.92 Å². The Labute approximate surface area is 179 Å². The summed E-state index contributed by atoms with van der Waals surface area (Å²) in [6.07, 6.45) is 1.64. The molecule has 0 radical (unpaired) electrons. The highest BCUT2D eigenvalue weighted by molar-refractivity contribution is 6.15. The molecule has 3 aromatic rings. The van der Waals surface area contributed by atoms with Crippen molar-refractivity contribution in [1.82, 2.24) is 0 Å². The Bertz CT molecular complexity index is 1170. The monoisotopic (exact) mass is 420 g/mol. The Morgan fingerprint density at radius 3 is 2.45 bits per heavy atom. The maximum atomic E-state index is 13.1. The minimum atomic E-state index is -0.295. The van der Waals surface area contributed by atoms with Gasteiger partial charge in [-0.1, -0.05) is 12.1 Å². The quantitative estimate of drug-likeness (QED) is 0.504. The first-order valence-electron chi connectivity index (χ1n) is 9.66. The topological polar surface area (TPSA) is 54.0 Å². The molecule has 31 heavy (non-hydrogen) atoms. The zero-order chi connectivity index (χ0) is 22.0. The number of aryl methyl sites for hydroxylation is 1. The molecule has 0 bridgehead atoms. The number of rotatable bonds is 6. The highest BCUT2D eigenvalue weighted by Gasteiger charge is 2.30. The van der Waals surface area contributed by atoms with Crippen LogP contribution in [0, 0.1) is 12.7 Å². The third kappa shape index (κ3) is 4.23. The van der Waals surface area contributed by atoms with Crippen molar-refractivity contribution in [3.05, 3.63) is 88.4 Å². The fraction of sp³-hybridized carbons (Fsp3) is 0.160. The van der Waals surface area contributed by atoms with Crippen LogP contribution in [0.2, 0.25) is 0 Å². The first-order chi connectivity index (χ1) is 15.0. The normalized spacial score (nSPS) is 13.7. The summed E-state index contributed by atoms with van der Waals surface area (Å²) in [5.41, 5.74) is 2.76. The smallest absolute Gasteiger partial charge is 0.232 e. The molecule has 0 atom stereocenters. The van der Waals surface area contributed by atoms with E-state index >= 15 is 0 Å². The van der Waals surface area contributed by atoms with Crippen LogP contribution in [0.1, 0.15) is 27.0 Å². The van der Waals surface area contributed by atoms with Gasteiger partial charge in [-0.3, -0.25) is 4.79 Å². The molecular weight excluding hydrogens is 399 g/mol. The summed E-state index contributed by atoms with van der Waals surface area (Å²) in [5, 5.41) is 0. The first-order valence-corrected chi connectivity index (χ1v) is 9.66. The van der Waals surface area contributed by atoms with Gasteiger partial charge < -0.3 is 18.9 Å². The fourth-order valence-corrected chi connectivity index (χ4v) is 3.40. The number of carbonyl (C=O) groups is 1. The van der Waals surface area contributed by atoms with Gasteiger partial charge in [-0.05, 0) is 60.5 Å². The van der Waals surface area contributed by atoms with Crippen LogP contribution in [-0.2, 0) is 6.61 Å². The van der Waals surface area contributed by atoms with E-state index in [0.717, 1.165) is 11.1 Å². The van der Waals surface area contributed by atoms with Crippen LogP contribution >= 0.6 is 0 Å². The number of hydrogen-bond donors (Lipinski definition) is 0. The van der Waals surface area contributed by atoms with Gasteiger partial charge in [0.1, 0.15) is 35.4 Å². The molecule has 0 aliphatic carbocycles. The molecule has 0 saturated heterocycles. The Morgan fingerprint density at radius 2 is 1.74 bits per heavy atom. The number of benzene rings is 3. The summed E-state index contributed by atoms with van der Waals surface area (Å²) in [6.45, 7) is 2.11. The van der Waals surface area contributed by atoms with Crippen molar-refractivity contribution in [2.75, 3.05) is 14.2 Å². The molecule has 0 saturated carbocycles. The van der Waals surface area contributed by atoms with Gasteiger partial charge in [0.2, 0.25) is 5.78 Å². The van der Waals surface area contributed by atoms with E-state index in [1.165, 1.54) is 12.1 Å². The largest absolute Gasteiger partial charge is 0.497 e. The van der Waals surface area contributed by atoms with E-state index in [2.05, 4.69) is 0 Å². The highest BCUT2D eigenvalue weighted by atomic mass is 19.1. The molecule has 0 aromatic heterocycles. The maximum Gasteiger partial charge on any atom is 0.232 e. The number of halogens is 1.